The number of halogens is 4. The van der Waals surface area contributed by atoms with Crippen molar-refractivity contribution in [1.82, 2.24) is 4.57 Å². The third-order valence-corrected chi connectivity index (χ3v) is 3.80. The first-order valence-electron chi connectivity index (χ1n) is 7.51. The predicted molar refractivity (Wildman–Crippen MR) is 94.9 cm³/mol. The number of rotatable bonds is 3. The van der Waals surface area contributed by atoms with Gasteiger partial charge in [-0.3, -0.25) is 0 Å². The van der Waals surface area contributed by atoms with Crippen molar-refractivity contribution in [2.75, 3.05) is 10.6 Å². The van der Waals surface area contributed by atoms with Crippen LogP contribution in [0.4, 0.5) is 29.3 Å². The lowest BCUT2D eigenvalue weighted by Gasteiger charge is -2.15. The average Bonchev–Trinajstić information content (AvgIpc) is 3.11. The van der Waals surface area contributed by atoms with Gasteiger partial charge in [0.25, 0.3) is 0 Å². The lowest BCUT2D eigenvalue weighted by molar-refractivity contribution is -0.136. The van der Waals surface area contributed by atoms with Crippen LogP contribution in [0.5, 0.6) is 0 Å². The molecule has 0 aliphatic rings. The molecular formula is C18H13ClF3N3O. The van der Waals surface area contributed by atoms with Crippen LogP contribution in [-0.2, 0) is 6.18 Å². The molecule has 3 rings (SSSR count). The van der Waals surface area contributed by atoms with Gasteiger partial charge in [0.15, 0.2) is 0 Å². The summed E-state index contributed by atoms with van der Waals surface area (Å²) in [7, 11) is 0. The van der Waals surface area contributed by atoms with Crippen LogP contribution in [0.1, 0.15) is 5.56 Å². The van der Waals surface area contributed by atoms with Crippen LogP contribution in [-0.4, -0.2) is 10.6 Å². The Morgan fingerprint density at radius 1 is 0.962 bits per heavy atom. The van der Waals surface area contributed by atoms with Crippen molar-refractivity contribution in [3.63, 3.8) is 0 Å². The van der Waals surface area contributed by atoms with E-state index in [1.54, 1.807) is 24.3 Å². The number of hydrogen-bond acceptors (Lipinski definition) is 1. The molecule has 0 saturated heterocycles. The standard InChI is InChI=1S/C18H13ClF3N3O/c19-12-3-8-16(15(11-12)18(20,21)22)24-17(26)23-13-4-6-14(7-5-13)25-9-1-2-10-25/h1-11H,(H2,23,24,26). The van der Waals surface area contributed by atoms with E-state index in [1.165, 1.54) is 6.07 Å². The Morgan fingerprint density at radius 3 is 2.23 bits per heavy atom. The van der Waals surface area contributed by atoms with E-state index < -0.39 is 17.8 Å². The fraction of sp³-hybridized carbons (Fsp3) is 0.0556. The Balaban J connectivity index is 1.72. The molecule has 134 valence electrons. The van der Waals surface area contributed by atoms with Crippen LogP contribution in [0.3, 0.4) is 0 Å². The zero-order valence-electron chi connectivity index (χ0n) is 13.2. The van der Waals surface area contributed by atoms with E-state index in [2.05, 4.69) is 10.6 Å². The van der Waals surface area contributed by atoms with E-state index >= 15 is 0 Å². The molecule has 0 radical (unpaired) electrons. The average molecular weight is 380 g/mol. The molecule has 2 N–H and O–H groups in total. The van der Waals surface area contributed by atoms with Gasteiger partial charge in [0.2, 0.25) is 0 Å². The summed E-state index contributed by atoms with van der Waals surface area (Å²) in [5, 5.41) is 4.63. The number of nitrogens with one attached hydrogen (secondary N) is 2. The largest absolute Gasteiger partial charge is 0.418 e. The molecule has 2 amide bonds. The maximum absolute atomic E-state index is 13.1. The van der Waals surface area contributed by atoms with Gasteiger partial charge in [-0.05, 0) is 54.6 Å². The zero-order chi connectivity index (χ0) is 18.7. The third kappa shape index (κ3) is 4.18. The summed E-state index contributed by atoms with van der Waals surface area (Å²) in [6.45, 7) is 0. The monoisotopic (exact) mass is 379 g/mol. The smallest absolute Gasteiger partial charge is 0.324 e. The van der Waals surface area contributed by atoms with Crippen molar-refractivity contribution in [3.05, 3.63) is 77.6 Å². The van der Waals surface area contributed by atoms with E-state index in [4.69, 9.17) is 11.6 Å². The number of nitrogens with zero attached hydrogens (tertiary/aromatic N) is 1. The maximum Gasteiger partial charge on any atom is 0.418 e. The molecule has 0 saturated carbocycles. The lowest BCUT2D eigenvalue weighted by Crippen LogP contribution is -2.21. The minimum atomic E-state index is -4.63. The van der Waals surface area contributed by atoms with Crippen molar-refractivity contribution in [2.45, 2.75) is 6.18 Å². The Kier molecular flexibility index (Phi) is 4.90. The lowest BCUT2D eigenvalue weighted by atomic mass is 10.1. The highest BCUT2D eigenvalue weighted by Crippen LogP contribution is 2.36. The van der Waals surface area contributed by atoms with Gasteiger partial charge in [-0.15, -0.1) is 0 Å². The van der Waals surface area contributed by atoms with Crippen molar-refractivity contribution in [3.8, 4) is 5.69 Å². The minimum Gasteiger partial charge on any atom is -0.324 e. The number of urea groups is 1. The molecule has 0 aliphatic heterocycles. The van der Waals surface area contributed by atoms with E-state index in [1.807, 2.05) is 29.1 Å². The summed E-state index contributed by atoms with van der Waals surface area (Å²) in [6.07, 6.45) is -0.894. The van der Waals surface area contributed by atoms with Gasteiger partial charge in [-0.2, -0.15) is 13.2 Å². The number of anilines is 2. The van der Waals surface area contributed by atoms with E-state index in [9.17, 15) is 18.0 Å². The van der Waals surface area contributed by atoms with Crippen LogP contribution >= 0.6 is 11.6 Å². The molecule has 1 heterocycles. The summed E-state index contributed by atoms with van der Waals surface area (Å²) < 4.78 is 41.0. The van der Waals surface area contributed by atoms with Gasteiger partial charge in [-0.1, -0.05) is 11.6 Å². The summed E-state index contributed by atoms with van der Waals surface area (Å²) in [4.78, 5) is 12.0. The Bertz CT molecular complexity index is 906. The summed E-state index contributed by atoms with van der Waals surface area (Å²) in [5.74, 6) is 0. The van der Waals surface area contributed by atoms with Crippen molar-refractivity contribution in [2.24, 2.45) is 0 Å². The Morgan fingerprint density at radius 2 is 1.62 bits per heavy atom. The SMILES string of the molecule is O=C(Nc1ccc(-n2cccc2)cc1)Nc1ccc(Cl)cc1C(F)(F)F. The fourth-order valence-corrected chi connectivity index (χ4v) is 2.54. The Hall–Kier alpha value is -2.93. The number of alkyl halides is 3. The third-order valence-electron chi connectivity index (χ3n) is 3.56. The molecule has 26 heavy (non-hydrogen) atoms. The molecule has 3 aromatic rings. The van der Waals surface area contributed by atoms with Gasteiger partial charge >= 0.3 is 12.2 Å². The predicted octanol–water partition coefficient (Wildman–Crippen LogP) is 5.79. The number of carbonyl (C=O) groups is 1. The van der Waals surface area contributed by atoms with E-state index in [0.717, 1.165) is 17.8 Å². The van der Waals surface area contributed by atoms with Crippen LogP contribution in [0.25, 0.3) is 5.69 Å². The molecule has 0 unspecified atom stereocenters. The molecule has 0 aliphatic carbocycles. The number of benzene rings is 2. The van der Waals surface area contributed by atoms with Crippen LogP contribution in [0.2, 0.25) is 5.02 Å². The fourth-order valence-electron chi connectivity index (χ4n) is 2.37. The van der Waals surface area contributed by atoms with Crippen LogP contribution in [0, 0.1) is 0 Å². The van der Waals surface area contributed by atoms with Gasteiger partial charge < -0.3 is 15.2 Å². The minimum absolute atomic E-state index is 0.0658. The molecule has 4 nitrogen and oxygen atoms in total. The van der Waals surface area contributed by atoms with E-state index in [-0.39, 0.29) is 10.7 Å². The first-order chi connectivity index (χ1) is 12.3. The van der Waals surface area contributed by atoms with Crippen molar-refractivity contribution in [1.29, 1.82) is 0 Å². The highest BCUT2D eigenvalue weighted by atomic mass is 35.5. The zero-order valence-corrected chi connectivity index (χ0v) is 14.0. The second-order valence-corrected chi connectivity index (χ2v) is 5.84. The highest BCUT2D eigenvalue weighted by Gasteiger charge is 2.34. The number of hydrogen-bond donors (Lipinski definition) is 2. The maximum atomic E-state index is 13.1. The molecular weight excluding hydrogens is 367 g/mol. The molecule has 0 bridgehead atoms. The van der Waals surface area contributed by atoms with Gasteiger partial charge in [0.1, 0.15) is 0 Å². The van der Waals surface area contributed by atoms with Crippen molar-refractivity contribution >= 4 is 29.0 Å². The number of carbonyl (C=O) groups excluding carboxylic acids is 1. The van der Waals surface area contributed by atoms with Crippen LogP contribution in [0.15, 0.2) is 67.0 Å². The topological polar surface area (TPSA) is 46.1 Å². The molecule has 2 aromatic carbocycles. The molecule has 0 spiro atoms. The number of amides is 2. The first-order valence-corrected chi connectivity index (χ1v) is 7.89. The van der Waals surface area contributed by atoms with Gasteiger partial charge in [0, 0.05) is 28.8 Å². The van der Waals surface area contributed by atoms with Crippen LogP contribution < -0.4 is 10.6 Å². The summed E-state index contributed by atoms with van der Waals surface area (Å²) in [5.41, 5.74) is -0.0505. The number of aromatic nitrogens is 1. The summed E-state index contributed by atoms with van der Waals surface area (Å²) >= 11 is 5.62. The quantitative estimate of drug-likeness (QED) is 0.594. The Labute approximate surface area is 152 Å². The molecule has 0 fully saturated rings. The first kappa shape index (κ1) is 17.9. The van der Waals surface area contributed by atoms with Gasteiger partial charge in [0.05, 0.1) is 11.3 Å². The second-order valence-electron chi connectivity index (χ2n) is 5.40. The molecule has 8 heteroatoms. The van der Waals surface area contributed by atoms with E-state index in [0.29, 0.717) is 5.69 Å². The second kappa shape index (κ2) is 7.13. The normalized spacial score (nSPS) is 11.2. The molecule has 1 aromatic heterocycles. The summed E-state index contributed by atoms with van der Waals surface area (Å²) in [6, 6.07) is 13.0. The van der Waals surface area contributed by atoms with Gasteiger partial charge in [-0.25, -0.2) is 4.79 Å². The van der Waals surface area contributed by atoms with Crippen molar-refractivity contribution < 1.29 is 18.0 Å². The highest BCUT2D eigenvalue weighted by molar-refractivity contribution is 6.30. The molecule has 0 atom stereocenters.